The van der Waals surface area contributed by atoms with Gasteiger partial charge in [-0.1, -0.05) is 84.5 Å². The van der Waals surface area contributed by atoms with Crippen LogP contribution in [0.5, 0.6) is 0 Å². The van der Waals surface area contributed by atoms with Gasteiger partial charge in [0.15, 0.2) is 0 Å². The van der Waals surface area contributed by atoms with Crippen molar-refractivity contribution in [3.63, 3.8) is 0 Å². The van der Waals surface area contributed by atoms with Gasteiger partial charge in [0.05, 0.1) is 18.1 Å². The molecule has 0 aliphatic carbocycles. The second kappa shape index (κ2) is 17.1. The van der Waals surface area contributed by atoms with Gasteiger partial charge in [0, 0.05) is 26.7 Å². The lowest BCUT2D eigenvalue weighted by Crippen LogP contribution is -2.30. The van der Waals surface area contributed by atoms with E-state index in [9.17, 15) is 9.90 Å². The third-order valence-electron chi connectivity index (χ3n) is 7.11. The van der Waals surface area contributed by atoms with Crippen LogP contribution in [0.2, 0.25) is 0 Å². The molecule has 0 radical (unpaired) electrons. The Hall–Kier alpha value is -1.40. The van der Waals surface area contributed by atoms with E-state index in [1.165, 1.54) is 70.6 Å². The van der Waals surface area contributed by atoms with Crippen LogP contribution < -0.4 is 5.32 Å². The van der Waals surface area contributed by atoms with Crippen molar-refractivity contribution in [2.75, 3.05) is 26.7 Å². The highest BCUT2D eigenvalue weighted by Crippen LogP contribution is 2.21. The van der Waals surface area contributed by atoms with E-state index in [0.29, 0.717) is 5.92 Å². The molecule has 1 aliphatic heterocycles. The van der Waals surface area contributed by atoms with E-state index < -0.39 is 0 Å². The van der Waals surface area contributed by atoms with Crippen LogP contribution in [-0.2, 0) is 13.0 Å². The van der Waals surface area contributed by atoms with E-state index in [1.54, 1.807) is 0 Å². The Labute approximate surface area is 208 Å². The van der Waals surface area contributed by atoms with Gasteiger partial charge < -0.3 is 19.9 Å². The average molecular weight is 477 g/mol. The molecule has 34 heavy (non-hydrogen) atoms. The fourth-order valence-corrected chi connectivity index (χ4v) is 5.06. The number of carbonyl (C=O) groups excluding carboxylic acids is 1. The molecule has 0 saturated carbocycles. The van der Waals surface area contributed by atoms with Gasteiger partial charge in [-0.15, -0.1) is 0 Å². The first-order chi connectivity index (χ1) is 16.5. The third kappa shape index (κ3) is 10.9. The summed E-state index contributed by atoms with van der Waals surface area (Å²) in [6.07, 6.45) is 19.7. The molecule has 6 nitrogen and oxygen atoms in total. The minimum Gasteiger partial charge on any atom is -0.392 e. The standard InChI is InChI=1S/C28H52N4O2/c1-4-5-6-7-12-15-18-29-21-25(33)17-14-11-9-8-10-13-16-19-32-23-30-26-20-24(2)22-31(3)28(34)27(26)32/h23-25,29,33H,4-22H2,1-3H3. The summed E-state index contributed by atoms with van der Waals surface area (Å²) in [6, 6.07) is 0. The summed E-state index contributed by atoms with van der Waals surface area (Å²) in [5, 5.41) is 13.6. The van der Waals surface area contributed by atoms with Gasteiger partial charge in [0.2, 0.25) is 0 Å². The zero-order valence-corrected chi connectivity index (χ0v) is 22.4. The van der Waals surface area contributed by atoms with Crippen molar-refractivity contribution in [2.45, 2.75) is 123 Å². The Balaban J connectivity index is 1.44. The van der Waals surface area contributed by atoms with E-state index in [-0.39, 0.29) is 12.0 Å². The molecule has 2 heterocycles. The lowest BCUT2D eigenvalue weighted by molar-refractivity contribution is 0.0775. The molecular weight excluding hydrogens is 424 g/mol. The smallest absolute Gasteiger partial charge is 0.272 e. The highest BCUT2D eigenvalue weighted by Gasteiger charge is 2.27. The summed E-state index contributed by atoms with van der Waals surface area (Å²) in [5.41, 5.74) is 1.79. The molecule has 1 amide bonds. The fourth-order valence-electron chi connectivity index (χ4n) is 5.06. The summed E-state index contributed by atoms with van der Waals surface area (Å²) >= 11 is 0. The second-order valence-electron chi connectivity index (χ2n) is 10.6. The molecule has 0 bridgehead atoms. The monoisotopic (exact) mass is 476 g/mol. The van der Waals surface area contributed by atoms with Crippen LogP contribution in [0.25, 0.3) is 0 Å². The van der Waals surface area contributed by atoms with E-state index in [0.717, 1.165) is 63.3 Å². The van der Waals surface area contributed by atoms with Gasteiger partial charge in [-0.05, 0) is 38.1 Å². The van der Waals surface area contributed by atoms with Crippen LogP contribution in [0.3, 0.4) is 0 Å². The first-order valence-electron chi connectivity index (χ1n) is 14.2. The minimum atomic E-state index is -0.199. The number of aryl methyl sites for hydroxylation is 1. The zero-order valence-electron chi connectivity index (χ0n) is 22.4. The van der Waals surface area contributed by atoms with Crippen LogP contribution in [0, 0.1) is 5.92 Å². The van der Waals surface area contributed by atoms with Crippen molar-refractivity contribution in [2.24, 2.45) is 5.92 Å². The summed E-state index contributed by atoms with van der Waals surface area (Å²) < 4.78 is 2.08. The van der Waals surface area contributed by atoms with Gasteiger partial charge in [0.1, 0.15) is 5.69 Å². The van der Waals surface area contributed by atoms with Crippen LogP contribution >= 0.6 is 0 Å². The number of nitrogens with zero attached hydrogens (tertiary/aromatic N) is 3. The van der Waals surface area contributed by atoms with E-state index >= 15 is 0 Å². The van der Waals surface area contributed by atoms with E-state index in [2.05, 4.69) is 28.7 Å². The SMILES string of the molecule is CCCCCCCCNCC(O)CCCCCCCCCn1cnc2c1C(=O)N(C)CC(C)C2. The molecule has 6 heteroatoms. The normalized spacial score (nSPS) is 17.1. The predicted octanol–water partition coefficient (Wildman–Crippen LogP) is 5.58. The lowest BCUT2D eigenvalue weighted by Gasteiger charge is -2.18. The number of rotatable bonds is 19. The zero-order chi connectivity index (χ0) is 24.6. The molecule has 2 unspecified atom stereocenters. The molecule has 1 aromatic heterocycles. The number of aliphatic hydroxyl groups excluding tert-OH is 1. The molecule has 2 rings (SSSR count). The summed E-state index contributed by atoms with van der Waals surface area (Å²) in [7, 11) is 1.90. The Morgan fingerprint density at radius 3 is 2.41 bits per heavy atom. The summed E-state index contributed by atoms with van der Waals surface area (Å²) in [6.45, 7) is 7.91. The number of imidazole rings is 1. The molecule has 0 saturated heterocycles. The number of unbranched alkanes of at least 4 members (excludes halogenated alkanes) is 11. The minimum absolute atomic E-state index is 0.122. The second-order valence-corrected chi connectivity index (χ2v) is 10.6. The van der Waals surface area contributed by atoms with Crippen LogP contribution in [-0.4, -0.2) is 58.3 Å². The quantitative estimate of drug-likeness (QED) is 0.256. The maximum absolute atomic E-state index is 12.7. The number of amides is 1. The van der Waals surface area contributed by atoms with Crippen molar-refractivity contribution in [3.8, 4) is 0 Å². The highest BCUT2D eigenvalue weighted by molar-refractivity contribution is 5.94. The molecular formula is C28H52N4O2. The number of nitrogens with one attached hydrogen (secondary N) is 1. The van der Waals surface area contributed by atoms with Crippen molar-refractivity contribution in [1.82, 2.24) is 19.8 Å². The Morgan fingerprint density at radius 2 is 1.68 bits per heavy atom. The highest BCUT2D eigenvalue weighted by atomic mass is 16.3. The van der Waals surface area contributed by atoms with Crippen LogP contribution in [0.1, 0.15) is 120 Å². The molecule has 1 aliphatic rings. The Kier molecular flexibility index (Phi) is 14.5. The maximum atomic E-state index is 12.7. The van der Waals surface area contributed by atoms with Crippen LogP contribution in [0.15, 0.2) is 6.33 Å². The van der Waals surface area contributed by atoms with E-state index in [1.807, 2.05) is 18.3 Å². The average Bonchev–Trinajstić information content (AvgIpc) is 3.16. The number of hydrogen-bond donors (Lipinski definition) is 2. The van der Waals surface area contributed by atoms with Crippen molar-refractivity contribution >= 4 is 5.91 Å². The Morgan fingerprint density at radius 1 is 1.03 bits per heavy atom. The molecule has 0 spiro atoms. The number of hydrogen-bond acceptors (Lipinski definition) is 4. The molecule has 2 atom stereocenters. The predicted molar refractivity (Wildman–Crippen MR) is 141 cm³/mol. The van der Waals surface area contributed by atoms with Gasteiger partial charge in [0.25, 0.3) is 5.91 Å². The molecule has 0 aromatic carbocycles. The van der Waals surface area contributed by atoms with Gasteiger partial charge in [-0.2, -0.15) is 0 Å². The first-order valence-corrected chi connectivity index (χ1v) is 14.2. The lowest BCUT2D eigenvalue weighted by atomic mass is 10.1. The number of fused-ring (bicyclic) bond motifs is 1. The number of carbonyl (C=O) groups is 1. The maximum Gasteiger partial charge on any atom is 0.272 e. The van der Waals surface area contributed by atoms with Crippen molar-refractivity contribution in [3.05, 3.63) is 17.7 Å². The molecule has 2 N–H and O–H groups in total. The summed E-state index contributed by atoms with van der Waals surface area (Å²) in [5.74, 6) is 0.581. The molecule has 0 fully saturated rings. The van der Waals surface area contributed by atoms with Gasteiger partial charge >= 0.3 is 0 Å². The van der Waals surface area contributed by atoms with Gasteiger partial charge in [-0.3, -0.25) is 4.79 Å². The molecule has 196 valence electrons. The first kappa shape index (κ1) is 28.8. The summed E-state index contributed by atoms with van der Waals surface area (Å²) in [4.78, 5) is 19.1. The number of aromatic nitrogens is 2. The van der Waals surface area contributed by atoms with E-state index in [4.69, 9.17) is 0 Å². The fraction of sp³-hybridized carbons (Fsp3) is 0.857. The largest absolute Gasteiger partial charge is 0.392 e. The van der Waals surface area contributed by atoms with Crippen LogP contribution in [0.4, 0.5) is 0 Å². The molecule has 1 aromatic rings. The van der Waals surface area contributed by atoms with Crippen molar-refractivity contribution in [1.29, 1.82) is 0 Å². The Bertz CT molecular complexity index is 675. The van der Waals surface area contributed by atoms with Gasteiger partial charge in [-0.25, -0.2) is 4.98 Å². The third-order valence-corrected chi connectivity index (χ3v) is 7.11. The topological polar surface area (TPSA) is 70.4 Å². The number of aliphatic hydroxyl groups is 1. The van der Waals surface area contributed by atoms with Crippen molar-refractivity contribution < 1.29 is 9.90 Å².